The third-order valence-electron chi connectivity index (χ3n) is 3.92. The topological polar surface area (TPSA) is 70.7 Å². The van der Waals surface area contributed by atoms with Gasteiger partial charge in [-0.3, -0.25) is 4.79 Å². The van der Waals surface area contributed by atoms with E-state index < -0.39 is 0 Å². The van der Waals surface area contributed by atoms with Crippen molar-refractivity contribution in [3.63, 3.8) is 0 Å². The highest BCUT2D eigenvalue weighted by Crippen LogP contribution is 2.22. The summed E-state index contributed by atoms with van der Waals surface area (Å²) in [5, 5.41) is 4.84. The molecule has 2 heterocycles. The molecule has 0 fully saturated rings. The summed E-state index contributed by atoms with van der Waals surface area (Å²) in [4.78, 5) is 15.1. The molecule has 0 saturated heterocycles. The Bertz CT molecular complexity index is 1120. The van der Waals surface area contributed by atoms with Crippen LogP contribution in [0, 0.1) is 6.92 Å². The Morgan fingerprint density at radius 2 is 2.08 bits per heavy atom. The zero-order valence-corrected chi connectivity index (χ0v) is 14.3. The first-order chi connectivity index (χ1) is 11.6. The third-order valence-corrected chi connectivity index (χ3v) is 4.70. The molecular formula is C17H13ClN4OS. The molecule has 0 radical (unpaired) electrons. The second-order valence-corrected chi connectivity index (χ2v) is 6.60. The quantitative estimate of drug-likeness (QED) is 0.579. The number of nitrogens with zero attached hydrogens (tertiary/aromatic N) is 2. The molecule has 120 valence electrons. The van der Waals surface area contributed by atoms with E-state index in [4.69, 9.17) is 11.6 Å². The van der Waals surface area contributed by atoms with Crippen LogP contribution in [0.2, 0.25) is 5.02 Å². The number of anilines is 1. The molecule has 2 N–H and O–H groups in total. The molecule has 4 aromatic rings. The highest BCUT2D eigenvalue weighted by atomic mass is 35.5. The van der Waals surface area contributed by atoms with E-state index in [-0.39, 0.29) is 5.56 Å². The van der Waals surface area contributed by atoms with Crippen molar-refractivity contribution in [3.05, 3.63) is 62.9 Å². The summed E-state index contributed by atoms with van der Waals surface area (Å²) < 4.78 is 8.54. The second-order valence-electron chi connectivity index (χ2n) is 5.63. The van der Waals surface area contributed by atoms with Gasteiger partial charge in [0.15, 0.2) is 0 Å². The van der Waals surface area contributed by atoms with Crippen LogP contribution in [-0.4, -0.2) is 13.7 Å². The number of aromatic nitrogens is 3. The van der Waals surface area contributed by atoms with Crippen LogP contribution in [0.4, 0.5) is 5.69 Å². The van der Waals surface area contributed by atoms with Gasteiger partial charge in [0, 0.05) is 33.7 Å². The van der Waals surface area contributed by atoms with Gasteiger partial charge in [0.25, 0.3) is 5.56 Å². The fourth-order valence-electron chi connectivity index (χ4n) is 2.71. The van der Waals surface area contributed by atoms with E-state index in [1.165, 1.54) is 11.7 Å². The Balaban J connectivity index is 1.65. The minimum Gasteiger partial charge on any atom is -0.381 e. The number of H-pyrrole nitrogens is 1. The number of halogens is 1. The van der Waals surface area contributed by atoms with Gasteiger partial charge >= 0.3 is 0 Å². The van der Waals surface area contributed by atoms with Crippen molar-refractivity contribution in [1.29, 1.82) is 0 Å². The van der Waals surface area contributed by atoms with Crippen LogP contribution >= 0.6 is 23.3 Å². The zero-order chi connectivity index (χ0) is 16.7. The van der Waals surface area contributed by atoms with Gasteiger partial charge in [0.2, 0.25) is 0 Å². The summed E-state index contributed by atoms with van der Waals surface area (Å²) in [6.45, 7) is 2.42. The Morgan fingerprint density at radius 1 is 1.21 bits per heavy atom. The number of aryl methyl sites for hydroxylation is 1. The van der Waals surface area contributed by atoms with Gasteiger partial charge in [-0.15, -0.1) is 0 Å². The van der Waals surface area contributed by atoms with Crippen LogP contribution in [0.5, 0.6) is 0 Å². The normalized spacial score (nSPS) is 11.2. The Hall–Kier alpha value is -2.44. The lowest BCUT2D eigenvalue weighted by Crippen LogP contribution is -2.15. The molecule has 2 aromatic carbocycles. The largest absolute Gasteiger partial charge is 0.381 e. The van der Waals surface area contributed by atoms with E-state index in [0.29, 0.717) is 17.1 Å². The molecule has 0 aliphatic rings. The first kappa shape index (κ1) is 15.1. The molecule has 0 aliphatic carbocycles. The molecule has 7 heteroatoms. The van der Waals surface area contributed by atoms with Crippen molar-refractivity contribution in [2.24, 2.45) is 0 Å². The van der Waals surface area contributed by atoms with E-state index in [0.717, 1.165) is 33.2 Å². The summed E-state index contributed by atoms with van der Waals surface area (Å²) >= 11 is 7.23. The first-order valence-corrected chi connectivity index (χ1v) is 8.49. The predicted molar refractivity (Wildman–Crippen MR) is 99.1 cm³/mol. The molecule has 2 aromatic heterocycles. The van der Waals surface area contributed by atoms with Gasteiger partial charge in [0.1, 0.15) is 11.0 Å². The molecule has 0 bridgehead atoms. The smallest absolute Gasteiger partial charge is 0.253 e. The lowest BCUT2D eigenvalue weighted by Gasteiger charge is -2.08. The van der Waals surface area contributed by atoms with E-state index in [1.807, 2.05) is 37.3 Å². The number of aromatic amines is 1. The number of hydrogen-bond acceptors (Lipinski definition) is 5. The minimum atomic E-state index is -0.106. The highest BCUT2D eigenvalue weighted by molar-refractivity contribution is 7.00. The van der Waals surface area contributed by atoms with Gasteiger partial charge in [-0.25, -0.2) is 0 Å². The van der Waals surface area contributed by atoms with Crippen molar-refractivity contribution < 1.29 is 0 Å². The van der Waals surface area contributed by atoms with Gasteiger partial charge in [-0.1, -0.05) is 11.6 Å². The summed E-state index contributed by atoms with van der Waals surface area (Å²) in [6.07, 6.45) is 0. The fourth-order valence-corrected chi connectivity index (χ4v) is 3.48. The molecule has 24 heavy (non-hydrogen) atoms. The average molecular weight is 357 g/mol. The third kappa shape index (κ3) is 2.74. The van der Waals surface area contributed by atoms with Crippen LogP contribution in [0.1, 0.15) is 11.1 Å². The van der Waals surface area contributed by atoms with Crippen molar-refractivity contribution >= 4 is 51.0 Å². The SMILES string of the molecule is Cc1cc(NCc2cc3cc(Cl)ccc3[nH]c2=O)cc2nsnc12. The van der Waals surface area contributed by atoms with E-state index in [1.54, 1.807) is 6.07 Å². The fraction of sp³-hybridized carbons (Fsp3) is 0.118. The van der Waals surface area contributed by atoms with Crippen molar-refractivity contribution in [1.82, 2.24) is 13.7 Å². The maximum absolute atomic E-state index is 12.2. The maximum atomic E-state index is 12.2. The Labute approximate surface area is 146 Å². The van der Waals surface area contributed by atoms with E-state index in [2.05, 4.69) is 19.0 Å². The lowest BCUT2D eigenvalue weighted by molar-refractivity contribution is 1.09. The average Bonchev–Trinajstić information content (AvgIpc) is 3.02. The van der Waals surface area contributed by atoms with Gasteiger partial charge in [0.05, 0.1) is 11.7 Å². The molecule has 0 amide bonds. The summed E-state index contributed by atoms with van der Waals surface area (Å²) in [7, 11) is 0. The molecule has 0 atom stereocenters. The number of nitrogens with one attached hydrogen (secondary N) is 2. The van der Waals surface area contributed by atoms with Gasteiger partial charge in [-0.05, 0) is 48.9 Å². The summed E-state index contributed by atoms with van der Waals surface area (Å²) in [5.41, 5.74) is 5.08. The summed E-state index contributed by atoms with van der Waals surface area (Å²) in [5.74, 6) is 0. The molecular weight excluding hydrogens is 344 g/mol. The van der Waals surface area contributed by atoms with E-state index in [9.17, 15) is 4.79 Å². The summed E-state index contributed by atoms with van der Waals surface area (Å²) in [6, 6.07) is 11.2. The van der Waals surface area contributed by atoms with Crippen LogP contribution < -0.4 is 10.9 Å². The number of hydrogen-bond donors (Lipinski definition) is 2. The Kier molecular flexibility index (Phi) is 3.70. The standard InChI is InChI=1S/C17H13ClN4OS/c1-9-4-13(7-15-16(9)22-24-21-15)19-8-11-5-10-6-12(18)2-3-14(10)20-17(11)23/h2-7,19H,8H2,1H3,(H,20,23). The molecule has 0 aliphatic heterocycles. The van der Waals surface area contributed by atoms with Crippen molar-refractivity contribution in [2.75, 3.05) is 5.32 Å². The number of pyridine rings is 1. The molecule has 0 spiro atoms. The van der Waals surface area contributed by atoms with E-state index >= 15 is 0 Å². The van der Waals surface area contributed by atoms with Crippen molar-refractivity contribution in [3.8, 4) is 0 Å². The minimum absolute atomic E-state index is 0.106. The predicted octanol–water partition coefficient (Wildman–Crippen LogP) is 4.11. The number of benzene rings is 2. The second kappa shape index (κ2) is 5.89. The first-order valence-electron chi connectivity index (χ1n) is 7.38. The number of rotatable bonds is 3. The zero-order valence-electron chi connectivity index (χ0n) is 12.8. The van der Waals surface area contributed by atoms with Gasteiger partial charge < -0.3 is 10.3 Å². The Morgan fingerprint density at radius 3 is 2.96 bits per heavy atom. The van der Waals surface area contributed by atoms with Crippen LogP contribution in [0.3, 0.4) is 0 Å². The van der Waals surface area contributed by atoms with Crippen LogP contribution in [0.15, 0.2) is 41.2 Å². The van der Waals surface area contributed by atoms with Crippen LogP contribution in [-0.2, 0) is 6.54 Å². The van der Waals surface area contributed by atoms with Crippen LogP contribution in [0.25, 0.3) is 21.9 Å². The van der Waals surface area contributed by atoms with Crippen molar-refractivity contribution in [2.45, 2.75) is 13.5 Å². The molecule has 5 nitrogen and oxygen atoms in total. The highest BCUT2D eigenvalue weighted by Gasteiger charge is 2.07. The molecule has 4 rings (SSSR count). The monoisotopic (exact) mass is 356 g/mol. The lowest BCUT2D eigenvalue weighted by atomic mass is 10.1. The maximum Gasteiger partial charge on any atom is 0.253 e. The van der Waals surface area contributed by atoms with Gasteiger partial charge in [-0.2, -0.15) is 8.75 Å². The molecule has 0 saturated carbocycles. The molecule has 0 unspecified atom stereocenters. The number of fused-ring (bicyclic) bond motifs is 2.